The molecule has 0 aromatic heterocycles. The molecule has 1 nitrogen and oxygen atoms in total. The van der Waals surface area contributed by atoms with Crippen LogP contribution in [0.3, 0.4) is 0 Å². The van der Waals surface area contributed by atoms with Crippen molar-refractivity contribution in [2.75, 3.05) is 7.05 Å². The number of hydrogen-bond donors (Lipinski definition) is 1. The molecule has 1 N–H and O–H groups in total. The van der Waals surface area contributed by atoms with Gasteiger partial charge in [-0.25, -0.2) is 8.78 Å². The molecule has 1 aliphatic carbocycles. The summed E-state index contributed by atoms with van der Waals surface area (Å²) < 4.78 is 25.3. The van der Waals surface area contributed by atoms with Gasteiger partial charge in [-0.2, -0.15) is 0 Å². The Morgan fingerprint density at radius 3 is 2.19 bits per heavy atom. The van der Waals surface area contributed by atoms with Crippen LogP contribution in [0.25, 0.3) is 0 Å². The number of nitrogens with one attached hydrogen (secondary N) is 1. The van der Waals surface area contributed by atoms with E-state index in [1.54, 1.807) is 7.05 Å². The largest absolute Gasteiger partial charge is 0.308 e. The third kappa shape index (κ3) is 2.24. The summed E-state index contributed by atoms with van der Waals surface area (Å²) in [5.41, 5.74) is 1.96. The van der Waals surface area contributed by atoms with E-state index in [1.165, 1.54) is 24.8 Å². The maximum atomic E-state index is 12.7. The zero-order valence-corrected chi connectivity index (χ0v) is 9.42. The Balaban J connectivity index is 2.11. The minimum Gasteiger partial charge on any atom is -0.308 e. The average molecular weight is 225 g/mol. The molecule has 1 aromatic rings. The molecule has 1 atom stereocenters. The average Bonchev–Trinajstić information content (AvgIpc) is 2.18. The highest BCUT2D eigenvalue weighted by Crippen LogP contribution is 2.36. The molecule has 1 fully saturated rings. The van der Waals surface area contributed by atoms with E-state index >= 15 is 0 Å². The second kappa shape index (κ2) is 4.91. The quantitative estimate of drug-likeness (QED) is 0.827. The minimum atomic E-state index is -2.36. The van der Waals surface area contributed by atoms with Crippen LogP contribution in [0, 0.1) is 0 Å². The molecule has 0 radical (unpaired) electrons. The van der Waals surface area contributed by atoms with E-state index in [0.717, 1.165) is 0 Å². The summed E-state index contributed by atoms with van der Waals surface area (Å²) in [6, 6.07) is 6.77. The Hall–Kier alpha value is -0.960. The molecule has 3 heteroatoms. The topological polar surface area (TPSA) is 12.0 Å². The fourth-order valence-electron chi connectivity index (χ4n) is 2.16. The molecule has 1 unspecified atom stereocenters. The third-order valence-electron chi connectivity index (χ3n) is 3.44. The Morgan fingerprint density at radius 1 is 1.19 bits per heavy atom. The smallest absolute Gasteiger partial charge is 0.257 e. The van der Waals surface area contributed by atoms with Crippen molar-refractivity contribution >= 4 is 0 Å². The van der Waals surface area contributed by atoms with Crippen LogP contribution in [0.2, 0.25) is 0 Å². The molecule has 0 aliphatic heterocycles. The molecule has 2 rings (SSSR count). The van der Waals surface area contributed by atoms with Crippen molar-refractivity contribution in [2.45, 2.75) is 37.6 Å². The lowest BCUT2D eigenvalue weighted by atomic mass is 9.80. The normalized spacial score (nSPS) is 18.5. The molecule has 0 spiro atoms. The lowest BCUT2D eigenvalue weighted by molar-refractivity contribution is 0.102. The molecular weight excluding hydrogens is 208 g/mol. The van der Waals surface area contributed by atoms with Gasteiger partial charge < -0.3 is 5.32 Å². The van der Waals surface area contributed by atoms with E-state index in [-0.39, 0.29) is 0 Å². The van der Waals surface area contributed by atoms with Crippen LogP contribution in [0.4, 0.5) is 8.78 Å². The van der Waals surface area contributed by atoms with Crippen molar-refractivity contribution < 1.29 is 8.78 Å². The zero-order valence-electron chi connectivity index (χ0n) is 9.42. The first-order valence-electron chi connectivity index (χ1n) is 5.77. The van der Waals surface area contributed by atoms with Gasteiger partial charge in [-0.1, -0.05) is 30.7 Å². The van der Waals surface area contributed by atoms with Crippen LogP contribution in [-0.2, 0) is 0 Å². The maximum Gasteiger partial charge on any atom is 0.257 e. The first-order valence-corrected chi connectivity index (χ1v) is 5.77. The summed E-state index contributed by atoms with van der Waals surface area (Å²) in [5.74, 6) is 0.661. The van der Waals surface area contributed by atoms with E-state index in [0.29, 0.717) is 11.5 Å². The SMILES string of the molecule is CNC(c1ccc(C2CCC2)cc1)C(F)F. The van der Waals surface area contributed by atoms with E-state index in [9.17, 15) is 8.78 Å². The van der Waals surface area contributed by atoms with Gasteiger partial charge in [-0.3, -0.25) is 0 Å². The lowest BCUT2D eigenvalue weighted by Gasteiger charge is -2.26. The van der Waals surface area contributed by atoms with Gasteiger partial charge in [0.05, 0.1) is 6.04 Å². The molecule has 0 saturated heterocycles. The Morgan fingerprint density at radius 2 is 1.81 bits per heavy atom. The fraction of sp³-hybridized carbons (Fsp3) is 0.538. The molecule has 1 saturated carbocycles. The number of benzene rings is 1. The van der Waals surface area contributed by atoms with E-state index in [1.807, 2.05) is 24.3 Å². The van der Waals surface area contributed by atoms with Crippen molar-refractivity contribution in [1.82, 2.24) is 5.32 Å². The summed E-state index contributed by atoms with van der Waals surface area (Å²) >= 11 is 0. The van der Waals surface area contributed by atoms with Gasteiger partial charge in [0.25, 0.3) is 6.43 Å². The third-order valence-corrected chi connectivity index (χ3v) is 3.44. The predicted octanol–water partition coefficient (Wildman–Crippen LogP) is 3.48. The van der Waals surface area contributed by atoms with Crippen molar-refractivity contribution in [3.05, 3.63) is 35.4 Å². The molecule has 16 heavy (non-hydrogen) atoms. The van der Waals surface area contributed by atoms with Crippen LogP contribution >= 0.6 is 0 Å². The highest BCUT2D eigenvalue weighted by molar-refractivity contribution is 5.28. The van der Waals surface area contributed by atoms with Gasteiger partial charge in [0, 0.05) is 0 Å². The zero-order chi connectivity index (χ0) is 11.5. The first-order chi connectivity index (χ1) is 7.72. The second-order valence-electron chi connectivity index (χ2n) is 4.40. The van der Waals surface area contributed by atoms with Gasteiger partial charge in [0.2, 0.25) is 0 Å². The van der Waals surface area contributed by atoms with E-state index in [4.69, 9.17) is 0 Å². The number of halogens is 2. The second-order valence-corrected chi connectivity index (χ2v) is 4.40. The summed E-state index contributed by atoms with van der Waals surface area (Å²) in [7, 11) is 1.57. The van der Waals surface area contributed by atoms with Crippen LogP contribution in [0.15, 0.2) is 24.3 Å². The number of rotatable bonds is 4. The van der Waals surface area contributed by atoms with Crippen molar-refractivity contribution in [1.29, 1.82) is 0 Å². The van der Waals surface area contributed by atoms with Crippen LogP contribution in [-0.4, -0.2) is 13.5 Å². The Bertz CT molecular complexity index is 330. The van der Waals surface area contributed by atoms with Crippen LogP contribution in [0.1, 0.15) is 42.3 Å². The summed E-state index contributed by atoms with van der Waals surface area (Å²) in [6.45, 7) is 0. The molecule has 0 amide bonds. The van der Waals surface area contributed by atoms with Gasteiger partial charge in [0.15, 0.2) is 0 Å². The fourth-order valence-corrected chi connectivity index (χ4v) is 2.16. The monoisotopic (exact) mass is 225 g/mol. The summed E-state index contributed by atoms with van der Waals surface area (Å²) in [6.07, 6.45) is 1.41. The van der Waals surface area contributed by atoms with Gasteiger partial charge in [-0.05, 0) is 36.9 Å². The molecule has 1 aromatic carbocycles. The number of alkyl halides is 2. The molecule has 0 bridgehead atoms. The Labute approximate surface area is 94.9 Å². The van der Waals surface area contributed by atoms with Gasteiger partial charge in [-0.15, -0.1) is 0 Å². The summed E-state index contributed by atoms with van der Waals surface area (Å²) in [5, 5.41) is 2.64. The Kier molecular flexibility index (Phi) is 3.54. The molecule has 0 heterocycles. The molecule has 88 valence electrons. The van der Waals surface area contributed by atoms with Gasteiger partial charge in [0.1, 0.15) is 0 Å². The minimum absolute atomic E-state index is 0.661. The highest BCUT2D eigenvalue weighted by Gasteiger charge is 2.22. The standard InChI is InChI=1S/C13H17F2N/c1-16-12(13(14)15)11-7-5-10(6-8-11)9-3-2-4-9/h5-9,12-13,16H,2-4H2,1H3. The van der Waals surface area contributed by atoms with E-state index in [2.05, 4.69) is 5.32 Å². The molecule has 1 aliphatic rings. The molecular formula is C13H17F2N. The number of hydrogen-bond acceptors (Lipinski definition) is 1. The van der Waals surface area contributed by atoms with Crippen molar-refractivity contribution in [3.8, 4) is 0 Å². The predicted molar refractivity (Wildman–Crippen MR) is 60.8 cm³/mol. The lowest BCUT2D eigenvalue weighted by Crippen LogP contribution is -2.23. The summed E-state index contributed by atoms with van der Waals surface area (Å²) in [4.78, 5) is 0. The van der Waals surface area contributed by atoms with E-state index < -0.39 is 12.5 Å². The van der Waals surface area contributed by atoms with Crippen molar-refractivity contribution in [2.24, 2.45) is 0 Å². The van der Waals surface area contributed by atoms with Crippen LogP contribution < -0.4 is 5.32 Å². The van der Waals surface area contributed by atoms with Crippen molar-refractivity contribution in [3.63, 3.8) is 0 Å². The van der Waals surface area contributed by atoms with Gasteiger partial charge >= 0.3 is 0 Å². The van der Waals surface area contributed by atoms with Crippen LogP contribution in [0.5, 0.6) is 0 Å². The first kappa shape index (κ1) is 11.5. The maximum absolute atomic E-state index is 12.7. The highest BCUT2D eigenvalue weighted by atomic mass is 19.3.